The minimum atomic E-state index is -0.483. The van der Waals surface area contributed by atoms with Crippen LogP contribution in [0.15, 0.2) is 0 Å². The predicted molar refractivity (Wildman–Crippen MR) is 72.7 cm³/mol. The van der Waals surface area contributed by atoms with Gasteiger partial charge in [0.15, 0.2) is 0 Å². The number of aliphatic hydroxyl groups is 2. The van der Waals surface area contributed by atoms with Gasteiger partial charge in [0.1, 0.15) is 12.5 Å². The molecule has 3 nitrogen and oxygen atoms in total. The van der Waals surface area contributed by atoms with Crippen molar-refractivity contribution in [2.75, 3.05) is 6.54 Å². The Morgan fingerprint density at radius 2 is 1.18 bits per heavy atom. The van der Waals surface area contributed by atoms with Gasteiger partial charge in [0.05, 0.1) is 0 Å². The van der Waals surface area contributed by atoms with E-state index in [-0.39, 0.29) is 0 Å². The highest BCUT2D eigenvalue weighted by molar-refractivity contribution is 4.64. The molecular formula is C14H31NO2. The first-order valence-electron chi connectivity index (χ1n) is 7.29. The molecule has 0 radical (unpaired) electrons. The zero-order chi connectivity index (χ0) is 13.1. The van der Waals surface area contributed by atoms with Crippen molar-refractivity contribution in [2.45, 2.75) is 84.6 Å². The topological polar surface area (TPSA) is 43.7 Å². The van der Waals surface area contributed by atoms with E-state index in [0.29, 0.717) is 6.54 Å². The molecule has 0 fully saturated rings. The first-order valence-corrected chi connectivity index (χ1v) is 7.29. The minimum absolute atomic E-state index is 0.483. The molecule has 0 amide bonds. The zero-order valence-electron chi connectivity index (χ0n) is 11.9. The van der Waals surface area contributed by atoms with E-state index in [2.05, 4.69) is 13.8 Å². The Morgan fingerprint density at radius 1 is 0.765 bits per heavy atom. The molecule has 3 heteroatoms. The van der Waals surface area contributed by atoms with Gasteiger partial charge in [0, 0.05) is 6.54 Å². The second-order valence-electron chi connectivity index (χ2n) is 4.78. The molecule has 0 aliphatic heterocycles. The van der Waals surface area contributed by atoms with Gasteiger partial charge < -0.3 is 10.2 Å². The van der Waals surface area contributed by atoms with Crippen LogP contribution in [0.4, 0.5) is 0 Å². The van der Waals surface area contributed by atoms with Crippen molar-refractivity contribution in [1.29, 1.82) is 0 Å². The van der Waals surface area contributed by atoms with Gasteiger partial charge in [-0.3, -0.25) is 4.90 Å². The van der Waals surface area contributed by atoms with Crippen LogP contribution in [0.25, 0.3) is 0 Å². The van der Waals surface area contributed by atoms with Gasteiger partial charge in [0.25, 0.3) is 0 Å². The van der Waals surface area contributed by atoms with Crippen LogP contribution in [0.1, 0.15) is 72.1 Å². The lowest BCUT2D eigenvalue weighted by molar-refractivity contribution is -0.105. The van der Waals surface area contributed by atoms with Crippen molar-refractivity contribution in [3.63, 3.8) is 0 Å². The van der Waals surface area contributed by atoms with Crippen LogP contribution in [0.2, 0.25) is 0 Å². The third-order valence-corrected chi connectivity index (χ3v) is 3.26. The SMILES string of the molecule is CCCCCC(O)N(CC)C(O)CCCCC. The van der Waals surface area contributed by atoms with E-state index in [0.717, 1.165) is 51.4 Å². The molecule has 0 aliphatic carbocycles. The maximum absolute atomic E-state index is 10.0. The molecule has 2 unspecified atom stereocenters. The smallest absolute Gasteiger partial charge is 0.109 e. The van der Waals surface area contributed by atoms with Crippen LogP contribution in [-0.4, -0.2) is 34.1 Å². The quantitative estimate of drug-likeness (QED) is 0.434. The second kappa shape index (κ2) is 11.0. The molecule has 0 heterocycles. The fraction of sp³-hybridized carbons (Fsp3) is 1.00. The Kier molecular flexibility index (Phi) is 10.9. The minimum Gasteiger partial charge on any atom is -0.378 e. The van der Waals surface area contributed by atoms with Gasteiger partial charge in [-0.15, -0.1) is 0 Å². The van der Waals surface area contributed by atoms with Crippen LogP contribution >= 0.6 is 0 Å². The van der Waals surface area contributed by atoms with E-state index < -0.39 is 12.5 Å². The number of hydrogen-bond donors (Lipinski definition) is 2. The van der Waals surface area contributed by atoms with E-state index in [9.17, 15) is 10.2 Å². The van der Waals surface area contributed by atoms with Crippen molar-refractivity contribution < 1.29 is 10.2 Å². The van der Waals surface area contributed by atoms with E-state index in [1.165, 1.54) is 0 Å². The van der Waals surface area contributed by atoms with Gasteiger partial charge in [-0.1, -0.05) is 46.5 Å². The molecule has 2 atom stereocenters. The lowest BCUT2D eigenvalue weighted by Crippen LogP contribution is -2.43. The van der Waals surface area contributed by atoms with Crippen LogP contribution < -0.4 is 0 Å². The molecule has 0 spiro atoms. The standard InChI is InChI=1S/C14H31NO2/c1-4-7-9-11-13(16)15(6-3)14(17)12-10-8-5-2/h13-14,16-17H,4-12H2,1-3H3. The lowest BCUT2D eigenvalue weighted by atomic mass is 10.1. The summed E-state index contributed by atoms with van der Waals surface area (Å²) >= 11 is 0. The Bertz CT molecular complexity index is 148. The van der Waals surface area contributed by atoms with Crippen LogP contribution in [0.5, 0.6) is 0 Å². The number of nitrogens with zero attached hydrogens (tertiary/aromatic N) is 1. The van der Waals surface area contributed by atoms with Crippen LogP contribution in [0, 0.1) is 0 Å². The summed E-state index contributed by atoms with van der Waals surface area (Å²) in [6.45, 7) is 7.01. The van der Waals surface area contributed by atoms with Gasteiger partial charge >= 0.3 is 0 Å². The fourth-order valence-electron chi connectivity index (χ4n) is 2.11. The average Bonchev–Trinajstić information content (AvgIpc) is 2.30. The molecule has 0 aromatic heterocycles. The largest absolute Gasteiger partial charge is 0.378 e. The number of aliphatic hydroxyl groups excluding tert-OH is 2. The van der Waals surface area contributed by atoms with Crippen molar-refractivity contribution in [3.8, 4) is 0 Å². The highest BCUT2D eigenvalue weighted by atomic mass is 16.3. The maximum atomic E-state index is 10.0. The number of hydrogen-bond acceptors (Lipinski definition) is 3. The zero-order valence-corrected chi connectivity index (χ0v) is 11.9. The van der Waals surface area contributed by atoms with Gasteiger partial charge in [-0.25, -0.2) is 0 Å². The monoisotopic (exact) mass is 245 g/mol. The fourth-order valence-corrected chi connectivity index (χ4v) is 2.11. The van der Waals surface area contributed by atoms with E-state index in [4.69, 9.17) is 0 Å². The third-order valence-electron chi connectivity index (χ3n) is 3.26. The van der Waals surface area contributed by atoms with Crippen molar-refractivity contribution >= 4 is 0 Å². The van der Waals surface area contributed by atoms with Gasteiger partial charge in [-0.2, -0.15) is 0 Å². The Hall–Kier alpha value is -0.120. The number of unbranched alkanes of at least 4 members (excludes halogenated alkanes) is 4. The summed E-state index contributed by atoms with van der Waals surface area (Å²) in [5, 5.41) is 20.1. The summed E-state index contributed by atoms with van der Waals surface area (Å²) in [6, 6.07) is 0. The highest BCUT2D eigenvalue weighted by Gasteiger charge is 2.20. The summed E-state index contributed by atoms with van der Waals surface area (Å²) in [4.78, 5) is 1.81. The normalized spacial score (nSPS) is 15.2. The Balaban J connectivity index is 3.92. The van der Waals surface area contributed by atoms with Crippen LogP contribution in [-0.2, 0) is 0 Å². The van der Waals surface area contributed by atoms with Crippen molar-refractivity contribution in [1.82, 2.24) is 4.90 Å². The Morgan fingerprint density at radius 3 is 1.47 bits per heavy atom. The van der Waals surface area contributed by atoms with Gasteiger partial charge in [0.2, 0.25) is 0 Å². The summed E-state index contributed by atoms with van der Waals surface area (Å²) in [7, 11) is 0. The molecule has 0 saturated carbocycles. The summed E-state index contributed by atoms with van der Waals surface area (Å²) < 4.78 is 0. The second-order valence-corrected chi connectivity index (χ2v) is 4.78. The van der Waals surface area contributed by atoms with Crippen molar-refractivity contribution in [2.24, 2.45) is 0 Å². The first kappa shape index (κ1) is 16.9. The summed E-state index contributed by atoms with van der Waals surface area (Å²) in [5.74, 6) is 0. The number of rotatable bonds is 11. The molecule has 0 aromatic carbocycles. The molecule has 17 heavy (non-hydrogen) atoms. The van der Waals surface area contributed by atoms with Crippen molar-refractivity contribution in [3.05, 3.63) is 0 Å². The van der Waals surface area contributed by atoms with E-state index >= 15 is 0 Å². The summed E-state index contributed by atoms with van der Waals surface area (Å²) in [5.41, 5.74) is 0. The summed E-state index contributed by atoms with van der Waals surface area (Å²) in [6.07, 6.45) is 7.29. The maximum Gasteiger partial charge on any atom is 0.109 e. The first-order chi connectivity index (χ1) is 8.17. The molecule has 0 rings (SSSR count). The molecule has 0 bridgehead atoms. The van der Waals surface area contributed by atoms with E-state index in [1.807, 2.05) is 11.8 Å². The lowest BCUT2D eigenvalue weighted by Gasteiger charge is -2.31. The molecule has 2 N–H and O–H groups in total. The Labute approximate surface area is 107 Å². The highest BCUT2D eigenvalue weighted by Crippen LogP contribution is 2.14. The third kappa shape index (κ3) is 7.74. The molecule has 0 saturated heterocycles. The molecular weight excluding hydrogens is 214 g/mol. The molecule has 0 aromatic rings. The molecule has 0 aliphatic rings. The predicted octanol–water partition coefficient (Wildman–Crippen LogP) is 3.11. The molecule has 104 valence electrons. The van der Waals surface area contributed by atoms with E-state index in [1.54, 1.807) is 0 Å². The van der Waals surface area contributed by atoms with Crippen LogP contribution in [0.3, 0.4) is 0 Å². The van der Waals surface area contributed by atoms with Gasteiger partial charge in [-0.05, 0) is 25.7 Å². The average molecular weight is 245 g/mol.